The van der Waals surface area contributed by atoms with Crippen molar-refractivity contribution in [2.45, 2.75) is 44.8 Å². The van der Waals surface area contributed by atoms with Gasteiger partial charge in [-0.05, 0) is 31.4 Å². The molecule has 0 aromatic carbocycles. The smallest absolute Gasteiger partial charge is 0.435 e. The van der Waals surface area contributed by atoms with Crippen molar-refractivity contribution >= 4 is 33.2 Å². The van der Waals surface area contributed by atoms with Gasteiger partial charge in [0, 0.05) is 24.6 Å². The Hall–Kier alpha value is -3.02. The molecule has 4 heterocycles. The molecule has 12 heteroatoms. The molecule has 0 N–H and O–H groups in total. The molecule has 0 spiro atoms. The van der Waals surface area contributed by atoms with Crippen LogP contribution in [0.4, 0.5) is 13.2 Å². The van der Waals surface area contributed by atoms with E-state index >= 15 is 0 Å². The summed E-state index contributed by atoms with van der Waals surface area (Å²) in [7, 11) is 1.32. The van der Waals surface area contributed by atoms with Gasteiger partial charge in [-0.1, -0.05) is 0 Å². The number of carbonyl (C=O) groups is 1. The molecule has 0 aliphatic heterocycles. The molecule has 1 fully saturated rings. The van der Waals surface area contributed by atoms with E-state index in [4.69, 9.17) is 4.74 Å². The first-order chi connectivity index (χ1) is 14.8. The Kier molecular flexibility index (Phi) is 4.50. The zero-order chi connectivity index (χ0) is 21.9. The molecule has 4 aromatic rings. The number of thiophene rings is 1. The number of nitrogens with zero attached hydrogens (tertiary/aromatic N) is 6. The number of hydrogen-bond acceptors (Lipinski definition) is 7. The topological polar surface area (TPSA) is 87.2 Å². The van der Waals surface area contributed by atoms with Gasteiger partial charge in [0.05, 0.1) is 12.5 Å². The Morgan fingerprint density at radius 1 is 1.32 bits per heavy atom. The SMILES string of the molecule is COC(=O)c1sc2ncn3nc(CCn4nc(C(F)(F)F)cc4C4CC4)nc3c2c1C. The van der Waals surface area contributed by atoms with E-state index in [9.17, 15) is 18.0 Å². The molecule has 1 aliphatic carbocycles. The first-order valence-electron chi connectivity index (χ1n) is 9.63. The zero-order valence-corrected chi connectivity index (χ0v) is 17.4. The maximum Gasteiger partial charge on any atom is 0.435 e. The first kappa shape index (κ1) is 19.9. The summed E-state index contributed by atoms with van der Waals surface area (Å²) >= 11 is 1.22. The number of methoxy groups -OCH3 is 1. The Morgan fingerprint density at radius 2 is 2.10 bits per heavy atom. The minimum atomic E-state index is -4.47. The van der Waals surface area contributed by atoms with Gasteiger partial charge in [0.2, 0.25) is 0 Å². The number of rotatable bonds is 5. The Bertz CT molecular complexity index is 1320. The van der Waals surface area contributed by atoms with Gasteiger partial charge in [-0.25, -0.2) is 19.3 Å². The van der Waals surface area contributed by atoms with Crippen molar-refractivity contribution in [2.75, 3.05) is 7.11 Å². The summed E-state index contributed by atoms with van der Waals surface area (Å²) in [4.78, 5) is 22.0. The molecule has 0 radical (unpaired) electrons. The number of alkyl halides is 3. The highest BCUT2D eigenvalue weighted by Gasteiger charge is 2.37. The van der Waals surface area contributed by atoms with Crippen molar-refractivity contribution in [2.24, 2.45) is 0 Å². The highest BCUT2D eigenvalue weighted by Crippen LogP contribution is 2.42. The second-order valence-corrected chi connectivity index (χ2v) is 8.47. The van der Waals surface area contributed by atoms with Crippen LogP contribution in [-0.2, 0) is 23.9 Å². The second kappa shape index (κ2) is 7.01. The average Bonchev–Trinajstić information content (AvgIpc) is 3.19. The average molecular weight is 450 g/mol. The van der Waals surface area contributed by atoms with Crippen molar-refractivity contribution in [3.63, 3.8) is 0 Å². The minimum absolute atomic E-state index is 0.131. The lowest BCUT2D eigenvalue weighted by Gasteiger charge is -2.04. The molecule has 0 atom stereocenters. The molecule has 31 heavy (non-hydrogen) atoms. The van der Waals surface area contributed by atoms with Crippen LogP contribution >= 0.6 is 11.3 Å². The summed E-state index contributed by atoms with van der Waals surface area (Å²) in [6.45, 7) is 2.04. The molecule has 0 unspecified atom stereocenters. The molecular formula is C19H17F3N6O2S. The molecule has 5 rings (SSSR count). The van der Waals surface area contributed by atoms with Gasteiger partial charge in [-0.3, -0.25) is 4.68 Å². The number of aromatic nitrogens is 6. The van der Waals surface area contributed by atoms with E-state index < -0.39 is 17.8 Å². The lowest BCUT2D eigenvalue weighted by molar-refractivity contribution is -0.141. The summed E-state index contributed by atoms with van der Waals surface area (Å²) in [5.41, 5.74) is 0.994. The first-order valence-corrected chi connectivity index (χ1v) is 10.4. The fourth-order valence-electron chi connectivity index (χ4n) is 3.63. The summed E-state index contributed by atoms with van der Waals surface area (Å²) in [6.07, 6.45) is -0.898. The van der Waals surface area contributed by atoms with E-state index in [2.05, 4.69) is 20.2 Å². The van der Waals surface area contributed by atoms with Gasteiger partial charge in [0.1, 0.15) is 16.0 Å². The van der Waals surface area contributed by atoms with Crippen LogP contribution < -0.4 is 0 Å². The fourth-order valence-corrected chi connectivity index (χ4v) is 4.70. The molecule has 1 aliphatic rings. The number of hydrogen-bond donors (Lipinski definition) is 0. The molecule has 162 valence electrons. The minimum Gasteiger partial charge on any atom is -0.465 e. The Balaban J connectivity index is 1.47. The van der Waals surface area contributed by atoms with Crippen molar-refractivity contribution in [1.29, 1.82) is 0 Å². The van der Waals surface area contributed by atoms with E-state index in [1.807, 2.05) is 0 Å². The van der Waals surface area contributed by atoms with Gasteiger partial charge >= 0.3 is 12.1 Å². The van der Waals surface area contributed by atoms with Crippen LogP contribution in [-0.4, -0.2) is 42.4 Å². The Labute approximate surface area is 177 Å². The lowest BCUT2D eigenvalue weighted by Crippen LogP contribution is -2.10. The van der Waals surface area contributed by atoms with E-state index in [1.165, 1.54) is 34.0 Å². The number of aryl methyl sites for hydroxylation is 3. The van der Waals surface area contributed by atoms with Gasteiger partial charge in [0.25, 0.3) is 0 Å². The number of carbonyl (C=O) groups excluding carboxylic acids is 1. The summed E-state index contributed by atoms with van der Waals surface area (Å²) in [5.74, 6) is 0.155. The maximum absolute atomic E-state index is 13.1. The van der Waals surface area contributed by atoms with E-state index in [-0.39, 0.29) is 12.5 Å². The fraction of sp³-hybridized carbons (Fsp3) is 0.421. The third-order valence-electron chi connectivity index (χ3n) is 5.33. The third-order valence-corrected chi connectivity index (χ3v) is 6.51. The predicted molar refractivity (Wildman–Crippen MR) is 105 cm³/mol. The van der Waals surface area contributed by atoms with Crippen LogP contribution in [0.2, 0.25) is 0 Å². The second-order valence-electron chi connectivity index (χ2n) is 7.47. The summed E-state index contributed by atoms with van der Waals surface area (Å²) < 4.78 is 47.1. The third kappa shape index (κ3) is 3.44. The molecular weight excluding hydrogens is 433 g/mol. The Morgan fingerprint density at radius 3 is 2.77 bits per heavy atom. The molecule has 1 saturated carbocycles. The molecule has 0 saturated heterocycles. The molecule has 0 amide bonds. The van der Waals surface area contributed by atoms with Crippen molar-refractivity contribution in [3.8, 4) is 0 Å². The quantitative estimate of drug-likeness (QED) is 0.430. The number of fused-ring (bicyclic) bond motifs is 3. The van der Waals surface area contributed by atoms with Crippen LogP contribution in [0.1, 0.15) is 51.2 Å². The van der Waals surface area contributed by atoms with Gasteiger partial charge in [0.15, 0.2) is 17.2 Å². The van der Waals surface area contributed by atoms with Crippen LogP contribution in [0.5, 0.6) is 0 Å². The largest absolute Gasteiger partial charge is 0.465 e. The van der Waals surface area contributed by atoms with Crippen LogP contribution in [0, 0.1) is 6.92 Å². The molecule has 8 nitrogen and oxygen atoms in total. The predicted octanol–water partition coefficient (Wildman–Crippen LogP) is 3.77. The molecule has 4 aromatic heterocycles. The normalized spacial score (nSPS) is 14.6. The highest BCUT2D eigenvalue weighted by atomic mass is 32.1. The van der Waals surface area contributed by atoms with Gasteiger partial charge < -0.3 is 4.74 Å². The monoisotopic (exact) mass is 450 g/mol. The van der Waals surface area contributed by atoms with Gasteiger partial charge in [-0.15, -0.1) is 16.4 Å². The van der Waals surface area contributed by atoms with Crippen LogP contribution in [0.3, 0.4) is 0 Å². The number of ether oxygens (including phenoxy) is 1. The van der Waals surface area contributed by atoms with Crippen LogP contribution in [0.25, 0.3) is 15.9 Å². The van der Waals surface area contributed by atoms with E-state index in [0.29, 0.717) is 44.2 Å². The standard InChI is InChI=1S/C19H17F3N6O2S/c1-9-14-16-24-13(26-28(16)8-23-17(14)31-15(9)18(29)30-2)5-6-27-11(10-3-4-10)7-12(25-27)19(20,21)22/h7-8,10H,3-6H2,1-2H3. The molecule has 0 bridgehead atoms. The summed E-state index contributed by atoms with van der Waals surface area (Å²) in [6, 6.07) is 1.14. The van der Waals surface area contributed by atoms with E-state index in [1.54, 1.807) is 6.92 Å². The van der Waals surface area contributed by atoms with Crippen molar-refractivity contribution in [1.82, 2.24) is 29.4 Å². The number of halogens is 3. The van der Waals surface area contributed by atoms with E-state index in [0.717, 1.165) is 18.9 Å². The number of esters is 1. The zero-order valence-electron chi connectivity index (χ0n) is 16.6. The highest BCUT2D eigenvalue weighted by molar-refractivity contribution is 7.20. The van der Waals surface area contributed by atoms with Gasteiger partial charge in [-0.2, -0.15) is 18.3 Å². The van der Waals surface area contributed by atoms with Crippen molar-refractivity contribution in [3.05, 3.63) is 40.0 Å². The lowest BCUT2D eigenvalue weighted by atomic mass is 10.2. The summed E-state index contributed by atoms with van der Waals surface area (Å²) in [5, 5.41) is 8.89. The van der Waals surface area contributed by atoms with Crippen LogP contribution in [0.15, 0.2) is 12.4 Å². The van der Waals surface area contributed by atoms with Crippen molar-refractivity contribution < 1.29 is 22.7 Å². The maximum atomic E-state index is 13.1.